The Hall–Kier alpha value is 0.0800. The fourth-order valence-corrected chi connectivity index (χ4v) is 1.44. The summed E-state index contributed by atoms with van der Waals surface area (Å²) in [5, 5.41) is 1.09. The van der Waals surface area contributed by atoms with Crippen LogP contribution in [0.5, 0.6) is 5.75 Å². The van der Waals surface area contributed by atoms with E-state index in [-0.39, 0.29) is 0 Å². The van der Waals surface area contributed by atoms with Crippen LogP contribution in [0.4, 0.5) is 0 Å². The molecule has 60 valence electrons. The molecule has 0 unspecified atom stereocenters. The fourth-order valence-electron chi connectivity index (χ4n) is 0.661. The van der Waals surface area contributed by atoms with Crippen LogP contribution >= 0.6 is 39.1 Å². The fraction of sp³-hybridized carbons (Fsp3) is 0.143. The number of hydrogen-bond donors (Lipinski definition) is 0. The molecular weight excluding hydrogens is 251 g/mol. The number of benzene rings is 1. The second-order valence-electron chi connectivity index (χ2n) is 1.90. The minimum Gasteiger partial charge on any atom is -0.495 e. The van der Waals surface area contributed by atoms with Crippen molar-refractivity contribution in [2.24, 2.45) is 0 Å². The highest BCUT2D eigenvalue weighted by Gasteiger charge is 2.04. The van der Waals surface area contributed by atoms with E-state index in [1.165, 1.54) is 0 Å². The third kappa shape index (κ3) is 2.01. The van der Waals surface area contributed by atoms with Gasteiger partial charge in [0.25, 0.3) is 0 Å². The summed E-state index contributed by atoms with van der Waals surface area (Å²) in [4.78, 5) is 0. The lowest BCUT2D eigenvalue weighted by atomic mass is 10.3. The summed E-state index contributed by atoms with van der Waals surface area (Å²) in [6, 6.07) is 3.36. The van der Waals surface area contributed by atoms with Crippen molar-refractivity contribution in [3.8, 4) is 5.75 Å². The van der Waals surface area contributed by atoms with E-state index in [4.69, 9.17) is 27.9 Å². The molecule has 4 heteroatoms. The van der Waals surface area contributed by atoms with Gasteiger partial charge in [-0.2, -0.15) is 0 Å². The lowest BCUT2D eigenvalue weighted by Gasteiger charge is -2.03. The largest absolute Gasteiger partial charge is 0.495 e. The number of hydrogen-bond acceptors (Lipinski definition) is 1. The minimum atomic E-state index is 0.515. The second kappa shape index (κ2) is 3.65. The highest BCUT2D eigenvalue weighted by molar-refractivity contribution is 9.10. The standard InChI is InChI=1S/C7H5BrCl2O/c1-11-7-2-4(8)5(9)3-6(7)10/h2-3H,1H3. The molecule has 0 aliphatic rings. The average Bonchev–Trinajstić information content (AvgIpc) is 1.97. The van der Waals surface area contributed by atoms with Gasteiger partial charge in [0.2, 0.25) is 0 Å². The SMILES string of the molecule is COc1cc(Br)c(Cl)cc1Cl. The van der Waals surface area contributed by atoms with Crippen molar-refractivity contribution >= 4 is 39.1 Å². The second-order valence-corrected chi connectivity index (χ2v) is 3.57. The number of methoxy groups -OCH3 is 1. The van der Waals surface area contributed by atoms with Crippen molar-refractivity contribution < 1.29 is 4.74 Å². The number of ether oxygens (including phenoxy) is 1. The Balaban J connectivity index is 3.21. The predicted octanol–water partition coefficient (Wildman–Crippen LogP) is 3.76. The molecule has 0 aromatic heterocycles. The summed E-state index contributed by atoms with van der Waals surface area (Å²) >= 11 is 14.8. The van der Waals surface area contributed by atoms with Crippen LogP contribution in [0.1, 0.15) is 0 Å². The molecule has 0 saturated heterocycles. The van der Waals surface area contributed by atoms with Crippen LogP contribution in [0.3, 0.4) is 0 Å². The first kappa shape index (κ1) is 9.17. The highest BCUT2D eigenvalue weighted by atomic mass is 79.9. The normalized spacial score (nSPS) is 9.82. The smallest absolute Gasteiger partial charge is 0.138 e. The van der Waals surface area contributed by atoms with Crippen molar-refractivity contribution in [2.45, 2.75) is 0 Å². The summed E-state index contributed by atoms with van der Waals surface area (Å²) < 4.78 is 5.74. The Kier molecular flexibility index (Phi) is 3.05. The van der Waals surface area contributed by atoms with Crippen molar-refractivity contribution in [2.75, 3.05) is 7.11 Å². The van der Waals surface area contributed by atoms with Crippen molar-refractivity contribution in [3.63, 3.8) is 0 Å². The summed E-state index contributed by atoms with van der Waals surface area (Å²) in [7, 11) is 1.56. The molecule has 11 heavy (non-hydrogen) atoms. The molecule has 1 rings (SSSR count). The van der Waals surface area contributed by atoms with Crippen molar-refractivity contribution in [3.05, 3.63) is 26.7 Å². The third-order valence-electron chi connectivity index (χ3n) is 1.19. The summed E-state index contributed by atoms with van der Waals surface area (Å²) in [6.45, 7) is 0. The molecule has 0 radical (unpaired) electrons. The van der Waals surface area contributed by atoms with Gasteiger partial charge >= 0.3 is 0 Å². The maximum Gasteiger partial charge on any atom is 0.138 e. The quantitative estimate of drug-likeness (QED) is 0.695. The van der Waals surface area contributed by atoms with Gasteiger partial charge in [-0.1, -0.05) is 23.2 Å². The molecule has 0 aliphatic heterocycles. The first-order chi connectivity index (χ1) is 5.15. The van der Waals surface area contributed by atoms with Crippen molar-refractivity contribution in [1.29, 1.82) is 0 Å². The van der Waals surface area contributed by atoms with Gasteiger partial charge in [0.05, 0.1) is 17.2 Å². The lowest BCUT2D eigenvalue weighted by Crippen LogP contribution is -1.83. The monoisotopic (exact) mass is 254 g/mol. The molecule has 1 aromatic carbocycles. The zero-order chi connectivity index (χ0) is 8.43. The maximum atomic E-state index is 5.77. The van der Waals surface area contributed by atoms with Gasteiger partial charge in [-0.15, -0.1) is 0 Å². The Labute approximate surface area is 83.4 Å². The van der Waals surface area contributed by atoms with Gasteiger partial charge in [-0.25, -0.2) is 0 Å². The van der Waals surface area contributed by atoms with Crippen LogP contribution in [-0.4, -0.2) is 7.11 Å². The lowest BCUT2D eigenvalue weighted by molar-refractivity contribution is 0.415. The Bertz CT molecular complexity index is 275. The molecule has 0 bridgehead atoms. The Morgan fingerprint density at radius 2 is 1.91 bits per heavy atom. The van der Waals surface area contributed by atoms with Gasteiger partial charge in [-0.3, -0.25) is 0 Å². The van der Waals surface area contributed by atoms with E-state index in [9.17, 15) is 0 Å². The topological polar surface area (TPSA) is 9.23 Å². The first-order valence-corrected chi connectivity index (χ1v) is 4.38. The van der Waals surface area contributed by atoms with E-state index in [0.717, 1.165) is 4.47 Å². The van der Waals surface area contributed by atoms with Crippen LogP contribution in [0.25, 0.3) is 0 Å². The molecule has 0 amide bonds. The molecule has 0 N–H and O–H groups in total. The zero-order valence-corrected chi connectivity index (χ0v) is 8.79. The molecule has 0 fully saturated rings. The molecule has 1 nitrogen and oxygen atoms in total. The number of halogens is 3. The molecule has 1 aromatic rings. The average molecular weight is 256 g/mol. The van der Waals surface area contributed by atoms with Gasteiger partial charge < -0.3 is 4.74 Å². The van der Waals surface area contributed by atoms with E-state index >= 15 is 0 Å². The Morgan fingerprint density at radius 1 is 1.27 bits per heavy atom. The molecule has 0 spiro atoms. The molecule has 0 saturated carbocycles. The van der Waals surface area contributed by atoms with Crippen molar-refractivity contribution in [1.82, 2.24) is 0 Å². The predicted molar refractivity (Wildman–Crippen MR) is 50.7 cm³/mol. The van der Waals surface area contributed by atoms with Crippen LogP contribution in [0.2, 0.25) is 10.0 Å². The molecule has 0 aliphatic carbocycles. The third-order valence-corrected chi connectivity index (χ3v) is 2.69. The maximum absolute atomic E-state index is 5.77. The van der Waals surface area contributed by atoms with E-state index < -0.39 is 0 Å². The van der Waals surface area contributed by atoms with E-state index in [0.29, 0.717) is 15.8 Å². The van der Waals surface area contributed by atoms with Crippen LogP contribution < -0.4 is 4.74 Å². The van der Waals surface area contributed by atoms with Gasteiger partial charge in [-0.05, 0) is 28.1 Å². The van der Waals surface area contributed by atoms with Gasteiger partial charge in [0.1, 0.15) is 5.75 Å². The van der Waals surface area contributed by atoms with Gasteiger partial charge in [0, 0.05) is 4.47 Å². The van der Waals surface area contributed by atoms with Crippen LogP contribution in [-0.2, 0) is 0 Å². The van der Waals surface area contributed by atoms with E-state index in [2.05, 4.69) is 15.9 Å². The van der Waals surface area contributed by atoms with E-state index in [1.807, 2.05) is 0 Å². The van der Waals surface area contributed by atoms with Gasteiger partial charge in [0.15, 0.2) is 0 Å². The molecule has 0 atom stereocenters. The highest BCUT2D eigenvalue weighted by Crippen LogP contribution is 2.33. The summed E-state index contributed by atoms with van der Waals surface area (Å²) in [5.41, 5.74) is 0. The Morgan fingerprint density at radius 3 is 2.45 bits per heavy atom. The minimum absolute atomic E-state index is 0.515. The first-order valence-electron chi connectivity index (χ1n) is 2.83. The zero-order valence-electron chi connectivity index (χ0n) is 5.70. The van der Waals surface area contributed by atoms with E-state index in [1.54, 1.807) is 19.2 Å². The summed E-state index contributed by atoms with van der Waals surface area (Å²) in [5.74, 6) is 0.614. The number of rotatable bonds is 1. The molecular formula is C7H5BrCl2O. The molecule has 0 heterocycles. The van der Waals surface area contributed by atoms with Crippen LogP contribution in [0.15, 0.2) is 16.6 Å². The van der Waals surface area contributed by atoms with Crippen LogP contribution in [0, 0.1) is 0 Å². The summed E-state index contributed by atoms with van der Waals surface area (Å²) in [6.07, 6.45) is 0.